The number of anilines is 1. The molecule has 0 saturated heterocycles. The number of Topliss-reactive ketones (excluding diaryl/α,β-unsaturated/α-hetero) is 1. The molecular weight excluding hydrogens is 326 g/mol. The fraction of sp³-hybridized carbons (Fsp3) is 0.278. The molecule has 1 aliphatic rings. The van der Waals surface area contributed by atoms with Crippen molar-refractivity contribution in [3.8, 4) is 0 Å². The van der Waals surface area contributed by atoms with Gasteiger partial charge in [-0.2, -0.15) is 0 Å². The number of amides is 1. The van der Waals surface area contributed by atoms with Crippen LogP contribution < -0.4 is 5.32 Å². The van der Waals surface area contributed by atoms with Crippen LogP contribution in [-0.2, 0) is 17.6 Å². The first-order valence-electron chi connectivity index (χ1n) is 7.66. The number of ether oxygens (including phenoxy) is 1. The van der Waals surface area contributed by atoms with Crippen molar-refractivity contribution < 1.29 is 19.1 Å². The topological polar surface area (TPSA) is 72.5 Å². The third kappa shape index (κ3) is 2.97. The first kappa shape index (κ1) is 16.4. The Bertz CT molecular complexity index is 820. The first-order chi connectivity index (χ1) is 11.5. The maximum Gasteiger partial charge on any atom is 0.341 e. The summed E-state index contributed by atoms with van der Waals surface area (Å²) in [5.41, 5.74) is 2.46. The Kier molecular flexibility index (Phi) is 4.49. The Morgan fingerprint density at radius 3 is 2.38 bits per heavy atom. The van der Waals surface area contributed by atoms with Crippen molar-refractivity contribution in [1.29, 1.82) is 0 Å². The number of rotatable bonds is 4. The predicted octanol–water partition coefficient (Wildman–Crippen LogP) is 3.48. The van der Waals surface area contributed by atoms with E-state index in [9.17, 15) is 14.4 Å². The van der Waals surface area contributed by atoms with Crippen molar-refractivity contribution in [3.63, 3.8) is 0 Å². The minimum Gasteiger partial charge on any atom is -0.465 e. The van der Waals surface area contributed by atoms with E-state index >= 15 is 0 Å². The number of carbonyl (C=O) groups is 3. The molecule has 0 fully saturated rings. The Hall–Kier alpha value is -2.47. The summed E-state index contributed by atoms with van der Waals surface area (Å²) in [6, 6.07) is 6.44. The van der Waals surface area contributed by atoms with Crippen molar-refractivity contribution in [3.05, 3.63) is 51.4 Å². The Morgan fingerprint density at radius 2 is 1.75 bits per heavy atom. The van der Waals surface area contributed by atoms with Crippen molar-refractivity contribution in [2.24, 2.45) is 0 Å². The van der Waals surface area contributed by atoms with Crippen LogP contribution in [0, 0.1) is 0 Å². The molecule has 0 spiro atoms. The van der Waals surface area contributed by atoms with Gasteiger partial charge in [-0.05, 0) is 43.9 Å². The number of thiophene rings is 1. The maximum atomic E-state index is 12.4. The lowest BCUT2D eigenvalue weighted by molar-refractivity contribution is 0.0601. The average molecular weight is 343 g/mol. The molecule has 1 N–H and O–H groups in total. The van der Waals surface area contributed by atoms with Crippen LogP contribution in [0.1, 0.15) is 54.9 Å². The van der Waals surface area contributed by atoms with Crippen molar-refractivity contribution >= 4 is 34.0 Å². The average Bonchev–Trinajstić information content (AvgIpc) is 3.14. The van der Waals surface area contributed by atoms with Crippen LogP contribution in [0.5, 0.6) is 0 Å². The van der Waals surface area contributed by atoms with Gasteiger partial charge in [-0.1, -0.05) is 12.1 Å². The van der Waals surface area contributed by atoms with E-state index in [-0.39, 0.29) is 11.7 Å². The summed E-state index contributed by atoms with van der Waals surface area (Å²) >= 11 is 1.44. The van der Waals surface area contributed by atoms with Gasteiger partial charge in [0.15, 0.2) is 5.78 Å². The second-order valence-corrected chi connectivity index (χ2v) is 6.75. The van der Waals surface area contributed by atoms with Crippen LogP contribution in [0.4, 0.5) is 5.00 Å². The lowest BCUT2D eigenvalue weighted by Gasteiger charge is -2.07. The highest BCUT2D eigenvalue weighted by Crippen LogP contribution is 2.39. The molecule has 124 valence electrons. The number of benzene rings is 1. The molecule has 1 aromatic heterocycles. The second-order valence-electron chi connectivity index (χ2n) is 5.64. The van der Waals surface area contributed by atoms with Gasteiger partial charge >= 0.3 is 5.97 Å². The first-order valence-corrected chi connectivity index (χ1v) is 8.48. The molecule has 6 heteroatoms. The van der Waals surface area contributed by atoms with E-state index in [1.807, 2.05) is 0 Å². The molecule has 0 radical (unpaired) electrons. The summed E-state index contributed by atoms with van der Waals surface area (Å²) in [5, 5.41) is 3.35. The number of hydrogen-bond donors (Lipinski definition) is 1. The molecule has 0 atom stereocenters. The summed E-state index contributed by atoms with van der Waals surface area (Å²) < 4.78 is 4.87. The van der Waals surface area contributed by atoms with Gasteiger partial charge in [-0.3, -0.25) is 9.59 Å². The molecular formula is C18H17NO4S. The number of esters is 1. The predicted molar refractivity (Wildman–Crippen MR) is 92.1 cm³/mol. The third-order valence-electron chi connectivity index (χ3n) is 4.09. The van der Waals surface area contributed by atoms with Gasteiger partial charge in [0.2, 0.25) is 0 Å². The van der Waals surface area contributed by atoms with Crippen molar-refractivity contribution in [1.82, 2.24) is 0 Å². The van der Waals surface area contributed by atoms with Crippen LogP contribution in [0.2, 0.25) is 0 Å². The van der Waals surface area contributed by atoms with Gasteiger partial charge in [0.05, 0.1) is 12.7 Å². The van der Waals surface area contributed by atoms with E-state index in [0.717, 1.165) is 29.7 Å². The molecule has 1 aliphatic carbocycles. The van der Waals surface area contributed by atoms with E-state index in [1.165, 1.54) is 25.4 Å². The number of carbonyl (C=O) groups excluding carboxylic acids is 3. The monoisotopic (exact) mass is 343 g/mol. The summed E-state index contributed by atoms with van der Waals surface area (Å²) in [5.74, 6) is -0.781. The molecule has 2 aromatic rings. The zero-order valence-electron chi connectivity index (χ0n) is 13.5. The van der Waals surface area contributed by atoms with Gasteiger partial charge in [0, 0.05) is 16.0 Å². The zero-order chi connectivity index (χ0) is 17.3. The molecule has 0 saturated carbocycles. The molecule has 0 bridgehead atoms. The van der Waals surface area contributed by atoms with E-state index in [0.29, 0.717) is 21.7 Å². The van der Waals surface area contributed by atoms with E-state index < -0.39 is 5.97 Å². The third-order valence-corrected chi connectivity index (χ3v) is 5.30. The summed E-state index contributed by atoms with van der Waals surface area (Å²) in [6.07, 6.45) is 2.78. The summed E-state index contributed by atoms with van der Waals surface area (Å²) in [4.78, 5) is 37.0. The highest BCUT2D eigenvalue weighted by atomic mass is 32.1. The zero-order valence-corrected chi connectivity index (χ0v) is 14.3. The van der Waals surface area contributed by atoms with Crippen LogP contribution in [-0.4, -0.2) is 24.8 Å². The Morgan fingerprint density at radius 1 is 1.08 bits per heavy atom. The standard InChI is InChI=1S/C18H17NO4S/c1-10(20)11-6-8-12(9-7-11)16(21)19-17-15(18(22)23-2)13-4-3-5-14(13)24-17/h6-9H,3-5H2,1-2H3,(H,19,21). The smallest absolute Gasteiger partial charge is 0.341 e. The largest absolute Gasteiger partial charge is 0.465 e. The van der Waals surface area contributed by atoms with Gasteiger partial charge in [0.1, 0.15) is 5.00 Å². The molecule has 5 nitrogen and oxygen atoms in total. The molecule has 1 heterocycles. The number of ketones is 1. The minimum absolute atomic E-state index is 0.0513. The lowest BCUT2D eigenvalue weighted by atomic mass is 10.1. The fourth-order valence-electron chi connectivity index (χ4n) is 2.84. The second kappa shape index (κ2) is 6.57. The molecule has 0 aliphatic heterocycles. The minimum atomic E-state index is -0.420. The van der Waals surface area contributed by atoms with Crippen LogP contribution in [0.25, 0.3) is 0 Å². The highest BCUT2D eigenvalue weighted by molar-refractivity contribution is 7.17. The molecule has 0 unspecified atom stereocenters. The molecule has 1 amide bonds. The van der Waals surface area contributed by atoms with Gasteiger partial charge in [-0.15, -0.1) is 11.3 Å². The SMILES string of the molecule is COC(=O)c1c(NC(=O)c2ccc(C(C)=O)cc2)sc2c1CCC2. The number of fused-ring (bicyclic) bond motifs is 1. The quantitative estimate of drug-likeness (QED) is 0.681. The van der Waals surface area contributed by atoms with Gasteiger partial charge in [0.25, 0.3) is 5.91 Å². The highest BCUT2D eigenvalue weighted by Gasteiger charge is 2.28. The summed E-state index contributed by atoms with van der Waals surface area (Å²) in [7, 11) is 1.34. The van der Waals surface area contributed by atoms with Crippen LogP contribution in [0.3, 0.4) is 0 Å². The fourth-order valence-corrected chi connectivity index (χ4v) is 4.11. The van der Waals surface area contributed by atoms with E-state index in [1.54, 1.807) is 24.3 Å². The lowest BCUT2D eigenvalue weighted by Crippen LogP contribution is -2.14. The van der Waals surface area contributed by atoms with Crippen LogP contribution >= 0.6 is 11.3 Å². The van der Waals surface area contributed by atoms with Crippen molar-refractivity contribution in [2.45, 2.75) is 26.2 Å². The maximum absolute atomic E-state index is 12.4. The van der Waals surface area contributed by atoms with Crippen molar-refractivity contribution in [2.75, 3.05) is 12.4 Å². The van der Waals surface area contributed by atoms with Gasteiger partial charge < -0.3 is 10.1 Å². The number of aryl methyl sites for hydroxylation is 1. The number of methoxy groups -OCH3 is 1. The molecule has 24 heavy (non-hydrogen) atoms. The number of nitrogens with one attached hydrogen (secondary N) is 1. The molecule has 3 rings (SSSR count). The Balaban J connectivity index is 1.87. The van der Waals surface area contributed by atoms with Gasteiger partial charge in [-0.25, -0.2) is 4.79 Å². The number of hydrogen-bond acceptors (Lipinski definition) is 5. The molecule has 1 aromatic carbocycles. The van der Waals surface area contributed by atoms with Crippen LogP contribution in [0.15, 0.2) is 24.3 Å². The summed E-state index contributed by atoms with van der Waals surface area (Å²) in [6.45, 7) is 1.48. The van der Waals surface area contributed by atoms with E-state index in [4.69, 9.17) is 4.74 Å². The Labute approximate surface area is 143 Å². The normalized spacial score (nSPS) is 12.6. The van der Waals surface area contributed by atoms with E-state index in [2.05, 4.69) is 5.32 Å².